The van der Waals surface area contributed by atoms with Gasteiger partial charge in [-0.1, -0.05) is 0 Å². The van der Waals surface area contributed by atoms with Crippen molar-refractivity contribution in [3.63, 3.8) is 0 Å². The van der Waals surface area contributed by atoms with E-state index in [-0.39, 0.29) is 18.1 Å². The van der Waals surface area contributed by atoms with E-state index >= 15 is 0 Å². The van der Waals surface area contributed by atoms with Crippen molar-refractivity contribution in [2.75, 3.05) is 32.8 Å². The highest BCUT2D eigenvalue weighted by Gasteiger charge is 2.25. The molecule has 1 atom stereocenters. The predicted octanol–water partition coefficient (Wildman–Crippen LogP) is -1.08. The molecule has 1 amide bonds. The first-order chi connectivity index (χ1) is 7.24. The van der Waals surface area contributed by atoms with Crippen LogP contribution in [0, 0.1) is 0 Å². The van der Waals surface area contributed by atoms with Crippen LogP contribution >= 0.6 is 0 Å². The van der Waals surface area contributed by atoms with Gasteiger partial charge < -0.3 is 15.8 Å². The van der Waals surface area contributed by atoms with E-state index in [1.165, 1.54) is 0 Å². The van der Waals surface area contributed by atoms with E-state index in [0.717, 1.165) is 32.5 Å². The lowest BCUT2D eigenvalue weighted by Gasteiger charge is -2.36. The van der Waals surface area contributed by atoms with Gasteiger partial charge in [0, 0.05) is 32.3 Å². The van der Waals surface area contributed by atoms with Crippen LogP contribution in [0.1, 0.15) is 12.8 Å². The van der Waals surface area contributed by atoms with Crippen molar-refractivity contribution >= 4 is 5.91 Å². The molecule has 2 fully saturated rings. The van der Waals surface area contributed by atoms with Gasteiger partial charge in [-0.3, -0.25) is 9.69 Å². The van der Waals surface area contributed by atoms with Crippen molar-refractivity contribution in [1.29, 1.82) is 0 Å². The Kier molecular flexibility index (Phi) is 3.56. The Morgan fingerprint density at radius 3 is 2.93 bits per heavy atom. The molecule has 2 aliphatic rings. The van der Waals surface area contributed by atoms with Crippen LogP contribution in [-0.2, 0) is 9.53 Å². The molecule has 0 bridgehead atoms. The minimum absolute atomic E-state index is 0.0809. The molecule has 0 aromatic heterocycles. The number of carbonyl (C=O) groups is 1. The van der Waals surface area contributed by atoms with Gasteiger partial charge in [0.1, 0.15) is 0 Å². The van der Waals surface area contributed by atoms with Crippen molar-refractivity contribution < 1.29 is 9.53 Å². The molecule has 5 nitrogen and oxygen atoms in total. The van der Waals surface area contributed by atoms with Gasteiger partial charge in [0.25, 0.3) is 0 Å². The first kappa shape index (κ1) is 10.9. The molecule has 2 heterocycles. The molecule has 3 N–H and O–H groups in total. The molecule has 0 aliphatic carbocycles. The maximum absolute atomic E-state index is 11.5. The van der Waals surface area contributed by atoms with Gasteiger partial charge in [0.05, 0.1) is 12.6 Å². The summed E-state index contributed by atoms with van der Waals surface area (Å²) in [5.74, 6) is 0.0809. The third-order valence-electron chi connectivity index (χ3n) is 2.90. The number of likely N-dealkylation sites (tertiary alicyclic amines) is 1. The Morgan fingerprint density at radius 2 is 2.33 bits per heavy atom. The smallest absolute Gasteiger partial charge is 0.234 e. The van der Waals surface area contributed by atoms with Gasteiger partial charge in [-0.25, -0.2) is 0 Å². The molecule has 2 rings (SSSR count). The highest BCUT2D eigenvalue weighted by atomic mass is 16.5. The zero-order chi connectivity index (χ0) is 10.7. The van der Waals surface area contributed by atoms with Gasteiger partial charge in [-0.05, 0) is 12.8 Å². The van der Waals surface area contributed by atoms with E-state index in [1.54, 1.807) is 0 Å². The molecule has 5 heteroatoms. The SMILES string of the molecule is NC1CN(CC(=O)NC[C@H]2CCCO2)C1. The van der Waals surface area contributed by atoms with Crippen LogP contribution < -0.4 is 11.1 Å². The van der Waals surface area contributed by atoms with Crippen molar-refractivity contribution in [3.05, 3.63) is 0 Å². The van der Waals surface area contributed by atoms with Crippen LogP contribution in [0.25, 0.3) is 0 Å². The maximum atomic E-state index is 11.5. The summed E-state index contributed by atoms with van der Waals surface area (Å²) in [4.78, 5) is 13.5. The van der Waals surface area contributed by atoms with E-state index in [4.69, 9.17) is 10.5 Å². The Morgan fingerprint density at radius 1 is 1.53 bits per heavy atom. The number of hydrogen-bond donors (Lipinski definition) is 2. The van der Waals surface area contributed by atoms with Crippen LogP contribution in [0.4, 0.5) is 0 Å². The second-order valence-electron chi connectivity index (χ2n) is 4.39. The third-order valence-corrected chi connectivity index (χ3v) is 2.90. The molecule has 0 saturated carbocycles. The average Bonchev–Trinajstić information content (AvgIpc) is 2.65. The largest absolute Gasteiger partial charge is 0.376 e. The normalized spacial score (nSPS) is 27.7. The van der Waals surface area contributed by atoms with E-state index in [0.29, 0.717) is 13.1 Å². The topological polar surface area (TPSA) is 67.6 Å². The Hall–Kier alpha value is -0.650. The highest BCUT2D eigenvalue weighted by Crippen LogP contribution is 2.10. The fraction of sp³-hybridized carbons (Fsp3) is 0.900. The molecular weight excluding hydrogens is 194 g/mol. The minimum Gasteiger partial charge on any atom is -0.376 e. The van der Waals surface area contributed by atoms with E-state index in [2.05, 4.69) is 10.2 Å². The first-order valence-corrected chi connectivity index (χ1v) is 5.60. The lowest BCUT2D eigenvalue weighted by molar-refractivity contribution is -0.123. The summed E-state index contributed by atoms with van der Waals surface area (Å²) in [7, 11) is 0. The summed E-state index contributed by atoms with van der Waals surface area (Å²) < 4.78 is 5.42. The number of ether oxygens (including phenoxy) is 1. The zero-order valence-corrected chi connectivity index (χ0v) is 8.95. The number of nitrogens with two attached hydrogens (primary N) is 1. The fourth-order valence-electron chi connectivity index (χ4n) is 2.03. The second kappa shape index (κ2) is 4.92. The van der Waals surface area contributed by atoms with Gasteiger partial charge in [0.15, 0.2) is 0 Å². The molecular formula is C10H19N3O2. The zero-order valence-electron chi connectivity index (χ0n) is 8.95. The van der Waals surface area contributed by atoms with Crippen molar-refractivity contribution in [3.8, 4) is 0 Å². The monoisotopic (exact) mass is 213 g/mol. The third kappa shape index (κ3) is 3.15. The van der Waals surface area contributed by atoms with Crippen molar-refractivity contribution in [1.82, 2.24) is 10.2 Å². The number of hydrogen-bond acceptors (Lipinski definition) is 4. The quantitative estimate of drug-likeness (QED) is 0.623. The Balaban J connectivity index is 1.56. The van der Waals surface area contributed by atoms with Crippen LogP contribution in [-0.4, -0.2) is 55.7 Å². The summed E-state index contributed by atoms with van der Waals surface area (Å²) in [6.07, 6.45) is 2.41. The number of amides is 1. The standard InChI is InChI=1S/C10H19N3O2/c11-8-5-13(6-8)7-10(14)12-4-9-2-1-3-15-9/h8-9H,1-7,11H2,(H,12,14)/t9-/m1/s1. The van der Waals surface area contributed by atoms with Crippen LogP contribution in [0.3, 0.4) is 0 Å². The first-order valence-electron chi connectivity index (χ1n) is 5.60. The van der Waals surface area contributed by atoms with Crippen LogP contribution in [0.5, 0.6) is 0 Å². The summed E-state index contributed by atoms with van der Waals surface area (Å²) in [5.41, 5.74) is 5.62. The molecule has 0 spiro atoms. The van der Waals surface area contributed by atoms with E-state index < -0.39 is 0 Å². The van der Waals surface area contributed by atoms with Gasteiger partial charge in [-0.15, -0.1) is 0 Å². The summed E-state index contributed by atoms with van der Waals surface area (Å²) >= 11 is 0. The number of nitrogens with one attached hydrogen (secondary N) is 1. The lowest BCUT2D eigenvalue weighted by atomic mass is 10.1. The maximum Gasteiger partial charge on any atom is 0.234 e. The van der Waals surface area contributed by atoms with Crippen LogP contribution in [0.15, 0.2) is 0 Å². The Labute approximate surface area is 89.9 Å². The molecule has 0 radical (unpaired) electrons. The number of nitrogens with zero attached hydrogens (tertiary/aromatic N) is 1. The second-order valence-corrected chi connectivity index (χ2v) is 4.39. The average molecular weight is 213 g/mol. The fourth-order valence-corrected chi connectivity index (χ4v) is 2.03. The summed E-state index contributed by atoms with van der Waals surface area (Å²) in [5, 5.41) is 2.89. The molecule has 2 aliphatic heterocycles. The highest BCUT2D eigenvalue weighted by molar-refractivity contribution is 5.78. The summed E-state index contributed by atoms with van der Waals surface area (Å²) in [6.45, 7) is 3.64. The van der Waals surface area contributed by atoms with E-state index in [9.17, 15) is 4.79 Å². The van der Waals surface area contributed by atoms with Gasteiger partial charge in [0.2, 0.25) is 5.91 Å². The van der Waals surface area contributed by atoms with Gasteiger partial charge >= 0.3 is 0 Å². The molecule has 0 unspecified atom stereocenters. The molecule has 15 heavy (non-hydrogen) atoms. The number of carbonyl (C=O) groups excluding carboxylic acids is 1. The number of rotatable bonds is 4. The predicted molar refractivity (Wildman–Crippen MR) is 56.4 cm³/mol. The van der Waals surface area contributed by atoms with E-state index in [1.807, 2.05) is 0 Å². The van der Waals surface area contributed by atoms with Crippen LogP contribution in [0.2, 0.25) is 0 Å². The van der Waals surface area contributed by atoms with Crippen molar-refractivity contribution in [2.45, 2.75) is 25.0 Å². The van der Waals surface area contributed by atoms with Gasteiger partial charge in [-0.2, -0.15) is 0 Å². The lowest BCUT2D eigenvalue weighted by Crippen LogP contribution is -2.58. The molecule has 2 saturated heterocycles. The minimum atomic E-state index is 0.0809. The molecule has 0 aromatic rings. The van der Waals surface area contributed by atoms with Crippen molar-refractivity contribution in [2.24, 2.45) is 5.73 Å². The Bertz CT molecular complexity index is 223. The molecule has 0 aromatic carbocycles. The summed E-state index contributed by atoms with van der Waals surface area (Å²) in [6, 6.07) is 0.260. The molecule has 86 valence electrons.